The number of carbonyl (C=O) groups is 2. The Morgan fingerprint density at radius 1 is 1.50 bits per heavy atom. The number of H-pyrrole nitrogens is 1. The number of hydrogen-bond acceptors (Lipinski definition) is 6. The van der Waals surface area contributed by atoms with E-state index in [1.807, 2.05) is 0 Å². The molecule has 0 aliphatic heterocycles. The summed E-state index contributed by atoms with van der Waals surface area (Å²) in [5, 5.41) is 16.5. The van der Waals surface area contributed by atoms with Gasteiger partial charge in [0.05, 0.1) is 7.11 Å². The van der Waals surface area contributed by atoms with Crippen molar-refractivity contribution in [3.63, 3.8) is 0 Å². The molecule has 16 heavy (non-hydrogen) atoms. The highest BCUT2D eigenvalue weighted by atomic mass is 16.5. The van der Waals surface area contributed by atoms with E-state index in [-0.39, 0.29) is 18.6 Å². The lowest BCUT2D eigenvalue weighted by molar-refractivity contribution is -0.143. The summed E-state index contributed by atoms with van der Waals surface area (Å²) in [7, 11) is 1.38. The van der Waals surface area contributed by atoms with Crippen molar-refractivity contribution >= 4 is 17.8 Å². The maximum atomic E-state index is 11.1. The average molecular weight is 230 g/mol. The first-order chi connectivity index (χ1) is 7.61. The first kappa shape index (κ1) is 11.9. The third-order valence-corrected chi connectivity index (χ3v) is 1.36. The number of hydrogen-bond donors (Lipinski definition) is 3. The van der Waals surface area contributed by atoms with E-state index in [0.717, 1.165) is 0 Å². The van der Waals surface area contributed by atoms with Gasteiger partial charge >= 0.3 is 12.0 Å². The van der Waals surface area contributed by atoms with Crippen LogP contribution in [-0.4, -0.2) is 52.5 Å². The van der Waals surface area contributed by atoms with Gasteiger partial charge in [-0.15, -0.1) is 5.10 Å². The molecule has 0 saturated heterocycles. The summed E-state index contributed by atoms with van der Waals surface area (Å²) < 4.78 is 9.23. The SMILES string of the molecule is COc1n[nH]c(NC(=O)COCC(=O)O)n1. The molecule has 0 fully saturated rings. The molecule has 1 aromatic rings. The molecule has 0 atom stereocenters. The smallest absolute Gasteiger partial charge is 0.336 e. The first-order valence-electron chi connectivity index (χ1n) is 4.17. The van der Waals surface area contributed by atoms with Crippen molar-refractivity contribution in [1.29, 1.82) is 0 Å². The van der Waals surface area contributed by atoms with E-state index >= 15 is 0 Å². The standard InChI is InChI=1S/C7H10N4O5/c1-15-7-9-6(10-11-7)8-4(12)2-16-3-5(13)14/h2-3H2,1H3,(H,13,14)(H2,8,9,10,11,12). The van der Waals surface area contributed by atoms with Gasteiger partial charge in [0.25, 0.3) is 5.91 Å². The number of aromatic nitrogens is 3. The van der Waals surface area contributed by atoms with Crippen molar-refractivity contribution in [2.75, 3.05) is 25.6 Å². The number of methoxy groups -OCH3 is 1. The van der Waals surface area contributed by atoms with Crippen LogP contribution in [0.5, 0.6) is 6.01 Å². The van der Waals surface area contributed by atoms with Gasteiger partial charge in [-0.2, -0.15) is 4.98 Å². The van der Waals surface area contributed by atoms with Crippen LogP contribution >= 0.6 is 0 Å². The molecule has 0 unspecified atom stereocenters. The topological polar surface area (TPSA) is 126 Å². The van der Waals surface area contributed by atoms with E-state index in [0.29, 0.717) is 0 Å². The van der Waals surface area contributed by atoms with Crippen molar-refractivity contribution in [1.82, 2.24) is 15.2 Å². The average Bonchev–Trinajstić information content (AvgIpc) is 2.65. The van der Waals surface area contributed by atoms with Gasteiger partial charge < -0.3 is 14.6 Å². The zero-order chi connectivity index (χ0) is 12.0. The molecule has 88 valence electrons. The van der Waals surface area contributed by atoms with Crippen LogP contribution in [0.2, 0.25) is 0 Å². The second-order valence-corrected chi connectivity index (χ2v) is 2.61. The molecule has 0 radical (unpaired) electrons. The lowest BCUT2D eigenvalue weighted by Gasteiger charge is -2.00. The molecule has 1 heterocycles. The van der Waals surface area contributed by atoms with Crippen molar-refractivity contribution in [3.8, 4) is 6.01 Å². The lowest BCUT2D eigenvalue weighted by atomic mass is 10.6. The van der Waals surface area contributed by atoms with Crippen molar-refractivity contribution in [2.45, 2.75) is 0 Å². The number of carbonyl (C=O) groups excluding carboxylic acids is 1. The fourth-order valence-corrected chi connectivity index (χ4v) is 0.793. The van der Waals surface area contributed by atoms with Crippen LogP contribution in [-0.2, 0) is 14.3 Å². The third kappa shape index (κ3) is 3.92. The normalized spacial score (nSPS) is 9.81. The Balaban J connectivity index is 2.31. The number of rotatable bonds is 6. The van der Waals surface area contributed by atoms with Crippen LogP contribution in [0.1, 0.15) is 0 Å². The van der Waals surface area contributed by atoms with Gasteiger partial charge in [-0.1, -0.05) is 0 Å². The number of aliphatic carboxylic acids is 1. The summed E-state index contributed by atoms with van der Waals surface area (Å²) in [5.41, 5.74) is 0. The Kier molecular flexibility index (Phi) is 4.21. The Morgan fingerprint density at radius 2 is 2.25 bits per heavy atom. The summed E-state index contributed by atoms with van der Waals surface area (Å²) in [6, 6.07) is 0.0850. The molecule has 9 nitrogen and oxygen atoms in total. The van der Waals surface area contributed by atoms with Crippen LogP contribution in [0.4, 0.5) is 5.95 Å². The predicted octanol–water partition coefficient (Wildman–Crippen LogP) is -1.15. The van der Waals surface area contributed by atoms with E-state index in [4.69, 9.17) is 5.11 Å². The fourth-order valence-electron chi connectivity index (χ4n) is 0.793. The van der Waals surface area contributed by atoms with E-state index in [1.165, 1.54) is 7.11 Å². The van der Waals surface area contributed by atoms with Crippen molar-refractivity contribution < 1.29 is 24.2 Å². The number of carboxylic acids is 1. The molecule has 0 aromatic carbocycles. The van der Waals surface area contributed by atoms with E-state index in [9.17, 15) is 9.59 Å². The molecular weight excluding hydrogens is 220 g/mol. The zero-order valence-electron chi connectivity index (χ0n) is 8.39. The zero-order valence-corrected chi connectivity index (χ0v) is 8.39. The molecule has 1 rings (SSSR count). The minimum absolute atomic E-state index is 0.0850. The molecule has 0 bridgehead atoms. The number of ether oxygens (including phenoxy) is 2. The molecule has 9 heteroatoms. The van der Waals surface area contributed by atoms with Gasteiger partial charge in [0.2, 0.25) is 5.95 Å². The maximum absolute atomic E-state index is 11.1. The van der Waals surface area contributed by atoms with Crippen LogP contribution in [0.3, 0.4) is 0 Å². The van der Waals surface area contributed by atoms with E-state index < -0.39 is 18.5 Å². The Hall–Kier alpha value is -2.16. The minimum Gasteiger partial charge on any atom is -0.480 e. The van der Waals surface area contributed by atoms with Crippen LogP contribution in [0, 0.1) is 0 Å². The number of carboxylic acid groups (broad SMARTS) is 1. The number of anilines is 1. The number of nitrogens with one attached hydrogen (secondary N) is 2. The summed E-state index contributed by atoms with van der Waals surface area (Å²) in [6.07, 6.45) is 0. The van der Waals surface area contributed by atoms with Gasteiger partial charge in [-0.3, -0.25) is 10.1 Å². The molecule has 0 aliphatic carbocycles. The molecule has 0 spiro atoms. The summed E-state index contributed by atoms with van der Waals surface area (Å²) in [5.74, 6) is -1.59. The molecule has 0 saturated carbocycles. The largest absolute Gasteiger partial charge is 0.480 e. The van der Waals surface area contributed by atoms with Crippen LogP contribution < -0.4 is 10.1 Å². The van der Waals surface area contributed by atoms with Gasteiger partial charge in [0, 0.05) is 0 Å². The second kappa shape index (κ2) is 5.66. The third-order valence-electron chi connectivity index (χ3n) is 1.36. The number of aromatic amines is 1. The van der Waals surface area contributed by atoms with Crippen molar-refractivity contribution in [3.05, 3.63) is 0 Å². The van der Waals surface area contributed by atoms with Crippen LogP contribution in [0.25, 0.3) is 0 Å². The number of amides is 1. The predicted molar refractivity (Wildman–Crippen MR) is 50.0 cm³/mol. The minimum atomic E-state index is -1.14. The van der Waals surface area contributed by atoms with E-state index in [1.54, 1.807) is 0 Å². The van der Waals surface area contributed by atoms with Gasteiger partial charge in [0.15, 0.2) is 0 Å². The van der Waals surface area contributed by atoms with Crippen molar-refractivity contribution in [2.24, 2.45) is 0 Å². The highest BCUT2D eigenvalue weighted by Crippen LogP contribution is 2.03. The number of nitrogens with zero attached hydrogens (tertiary/aromatic N) is 2. The van der Waals surface area contributed by atoms with Gasteiger partial charge in [0.1, 0.15) is 13.2 Å². The Bertz CT molecular complexity index is 377. The van der Waals surface area contributed by atoms with Crippen LogP contribution in [0.15, 0.2) is 0 Å². The van der Waals surface area contributed by atoms with Gasteiger partial charge in [-0.05, 0) is 0 Å². The molecule has 1 amide bonds. The van der Waals surface area contributed by atoms with E-state index in [2.05, 4.69) is 30.0 Å². The summed E-state index contributed by atoms with van der Waals surface area (Å²) in [6.45, 7) is -0.914. The highest BCUT2D eigenvalue weighted by Gasteiger charge is 2.08. The summed E-state index contributed by atoms with van der Waals surface area (Å²) >= 11 is 0. The monoisotopic (exact) mass is 230 g/mol. The first-order valence-corrected chi connectivity index (χ1v) is 4.17. The fraction of sp³-hybridized carbons (Fsp3) is 0.429. The molecular formula is C7H10N4O5. The molecule has 1 aromatic heterocycles. The quantitative estimate of drug-likeness (QED) is 0.563. The molecule has 0 aliphatic rings. The van der Waals surface area contributed by atoms with Gasteiger partial charge in [-0.25, -0.2) is 9.89 Å². The Morgan fingerprint density at radius 3 is 2.81 bits per heavy atom. The highest BCUT2D eigenvalue weighted by molar-refractivity contribution is 5.90. The Labute approximate surface area is 89.8 Å². The molecule has 3 N–H and O–H groups in total. The maximum Gasteiger partial charge on any atom is 0.336 e. The second-order valence-electron chi connectivity index (χ2n) is 2.61. The lowest BCUT2D eigenvalue weighted by Crippen LogP contribution is -2.21. The summed E-state index contributed by atoms with van der Waals surface area (Å²) in [4.78, 5) is 24.9.